The van der Waals surface area contributed by atoms with Gasteiger partial charge >= 0.3 is 0 Å². The van der Waals surface area contributed by atoms with Gasteiger partial charge in [0.05, 0.1) is 6.33 Å². The van der Waals surface area contributed by atoms with Crippen LogP contribution in [0.1, 0.15) is 38.4 Å². The standard InChI is InChI=1S/C14H15FN2O.C2H6/c1-14(6-7-18,13-9-16-10-17(13)2)11-4-3-5-12(15)8-11;1-2/h3-5,7-10H,6H2,1-2H3;1-2H3. The maximum atomic E-state index is 13.4. The molecule has 0 saturated heterocycles. The molecule has 0 aliphatic carbocycles. The van der Waals surface area contributed by atoms with E-state index in [4.69, 9.17) is 0 Å². The molecule has 0 bridgehead atoms. The Kier molecular flexibility index (Phi) is 5.62. The van der Waals surface area contributed by atoms with Crippen LogP contribution in [0.2, 0.25) is 0 Å². The van der Waals surface area contributed by atoms with E-state index >= 15 is 0 Å². The van der Waals surface area contributed by atoms with Crippen LogP contribution in [0.3, 0.4) is 0 Å². The quantitative estimate of drug-likeness (QED) is 0.801. The van der Waals surface area contributed by atoms with E-state index in [9.17, 15) is 9.18 Å². The highest BCUT2D eigenvalue weighted by Crippen LogP contribution is 2.34. The third-order valence-electron chi connectivity index (χ3n) is 3.34. The molecule has 0 fully saturated rings. The summed E-state index contributed by atoms with van der Waals surface area (Å²) in [5.41, 5.74) is 1.10. The molecule has 0 aliphatic heterocycles. The fourth-order valence-corrected chi connectivity index (χ4v) is 2.26. The molecular weight excluding hydrogens is 255 g/mol. The Labute approximate surface area is 119 Å². The minimum atomic E-state index is -0.560. The number of nitrogens with zero attached hydrogens (tertiary/aromatic N) is 2. The monoisotopic (exact) mass is 276 g/mol. The molecule has 0 N–H and O–H groups in total. The van der Waals surface area contributed by atoms with Gasteiger partial charge in [0.25, 0.3) is 0 Å². The fourth-order valence-electron chi connectivity index (χ4n) is 2.26. The lowest BCUT2D eigenvalue weighted by Crippen LogP contribution is -2.27. The van der Waals surface area contributed by atoms with Crippen LogP contribution >= 0.6 is 0 Å². The molecule has 1 heterocycles. The van der Waals surface area contributed by atoms with Crippen molar-refractivity contribution < 1.29 is 9.18 Å². The first kappa shape index (κ1) is 16.1. The molecule has 4 heteroatoms. The van der Waals surface area contributed by atoms with Crippen LogP contribution in [0, 0.1) is 5.82 Å². The van der Waals surface area contributed by atoms with E-state index in [1.165, 1.54) is 12.1 Å². The second-order valence-corrected chi connectivity index (χ2v) is 4.60. The second kappa shape index (κ2) is 6.98. The van der Waals surface area contributed by atoms with Gasteiger partial charge < -0.3 is 9.36 Å². The molecular formula is C16H21FN2O. The van der Waals surface area contributed by atoms with Gasteiger partial charge in [-0.05, 0) is 24.6 Å². The Bertz CT molecular complexity index is 565. The number of benzene rings is 1. The lowest BCUT2D eigenvalue weighted by molar-refractivity contribution is -0.108. The van der Waals surface area contributed by atoms with Crippen molar-refractivity contribution in [3.05, 3.63) is 53.9 Å². The number of aldehydes is 1. The Balaban J connectivity index is 0.000000956. The molecule has 0 aliphatic rings. The van der Waals surface area contributed by atoms with Gasteiger partial charge in [-0.2, -0.15) is 0 Å². The number of halogens is 1. The number of hydrogen-bond acceptors (Lipinski definition) is 2. The van der Waals surface area contributed by atoms with Crippen molar-refractivity contribution in [3.8, 4) is 0 Å². The van der Waals surface area contributed by atoms with Crippen molar-refractivity contribution in [1.29, 1.82) is 0 Å². The van der Waals surface area contributed by atoms with Gasteiger partial charge in [0.2, 0.25) is 0 Å². The van der Waals surface area contributed by atoms with E-state index < -0.39 is 5.41 Å². The van der Waals surface area contributed by atoms with Gasteiger partial charge in [0.1, 0.15) is 12.1 Å². The van der Waals surface area contributed by atoms with Gasteiger partial charge in [-0.15, -0.1) is 0 Å². The predicted molar refractivity (Wildman–Crippen MR) is 78.1 cm³/mol. The van der Waals surface area contributed by atoms with Crippen molar-refractivity contribution in [2.45, 2.75) is 32.6 Å². The van der Waals surface area contributed by atoms with Crippen LogP contribution in [0.4, 0.5) is 4.39 Å². The van der Waals surface area contributed by atoms with Gasteiger partial charge in [0, 0.05) is 30.8 Å². The average molecular weight is 276 g/mol. The Hall–Kier alpha value is -1.97. The minimum absolute atomic E-state index is 0.288. The molecule has 108 valence electrons. The summed E-state index contributed by atoms with van der Waals surface area (Å²) in [7, 11) is 1.87. The van der Waals surface area contributed by atoms with E-state index in [0.717, 1.165) is 17.5 Å². The smallest absolute Gasteiger partial charge is 0.123 e. The van der Waals surface area contributed by atoms with E-state index in [1.807, 2.05) is 38.5 Å². The van der Waals surface area contributed by atoms with Gasteiger partial charge in [-0.1, -0.05) is 26.0 Å². The zero-order valence-corrected chi connectivity index (χ0v) is 12.4. The molecule has 0 saturated carbocycles. The first-order chi connectivity index (χ1) is 9.58. The Morgan fingerprint density at radius 1 is 1.40 bits per heavy atom. The first-order valence-electron chi connectivity index (χ1n) is 6.74. The van der Waals surface area contributed by atoms with E-state index in [-0.39, 0.29) is 12.2 Å². The van der Waals surface area contributed by atoms with Crippen LogP contribution in [0.5, 0.6) is 0 Å². The van der Waals surface area contributed by atoms with E-state index in [1.54, 1.807) is 18.6 Å². The predicted octanol–water partition coefficient (Wildman–Crippen LogP) is 3.48. The molecule has 1 aromatic heterocycles. The molecule has 1 aromatic carbocycles. The lowest BCUT2D eigenvalue weighted by Gasteiger charge is -2.28. The molecule has 3 nitrogen and oxygen atoms in total. The number of rotatable bonds is 4. The SMILES string of the molecule is CC.Cn1cncc1C(C)(CC=O)c1cccc(F)c1. The van der Waals surface area contributed by atoms with Crippen molar-refractivity contribution in [2.24, 2.45) is 7.05 Å². The van der Waals surface area contributed by atoms with Crippen LogP contribution in [0.15, 0.2) is 36.8 Å². The summed E-state index contributed by atoms with van der Waals surface area (Å²) in [5, 5.41) is 0. The number of aromatic nitrogens is 2. The van der Waals surface area contributed by atoms with E-state index in [2.05, 4.69) is 4.98 Å². The molecule has 2 aromatic rings. The fraction of sp³-hybridized carbons (Fsp3) is 0.375. The third-order valence-corrected chi connectivity index (χ3v) is 3.34. The number of imidazole rings is 1. The number of hydrogen-bond donors (Lipinski definition) is 0. The number of carbonyl (C=O) groups excluding carboxylic acids is 1. The lowest BCUT2D eigenvalue weighted by atomic mass is 9.77. The molecule has 2 rings (SSSR count). The molecule has 0 radical (unpaired) electrons. The highest BCUT2D eigenvalue weighted by atomic mass is 19.1. The van der Waals surface area contributed by atoms with Crippen LogP contribution in [0.25, 0.3) is 0 Å². The van der Waals surface area contributed by atoms with Gasteiger partial charge in [0.15, 0.2) is 0 Å². The third kappa shape index (κ3) is 3.13. The Morgan fingerprint density at radius 3 is 2.60 bits per heavy atom. The summed E-state index contributed by atoms with van der Waals surface area (Å²) in [6, 6.07) is 6.36. The van der Waals surface area contributed by atoms with Crippen molar-refractivity contribution >= 4 is 6.29 Å². The second-order valence-electron chi connectivity index (χ2n) is 4.60. The summed E-state index contributed by atoms with van der Waals surface area (Å²) in [5.74, 6) is -0.299. The maximum Gasteiger partial charge on any atom is 0.123 e. The van der Waals surface area contributed by atoms with Crippen molar-refractivity contribution in [1.82, 2.24) is 9.55 Å². The largest absolute Gasteiger partial charge is 0.337 e. The van der Waals surface area contributed by atoms with Crippen molar-refractivity contribution in [3.63, 3.8) is 0 Å². The zero-order valence-electron chi connectivity index (χ0n) is 12.4. The van der Waals surface area contributed by atoms with Gasteiger partial charge in [-0.25, -0.2) is 9.37 Å². The number of carbonyl (C=O) groups is 1. The zero-order chi connectivity index (χ0) is 15.2. The Morgan fingerprint density at radius 2 is 2.10 bits per heavy atom. The minimum Gasteiger partial charge on any atom is -0.337 e. The molecule has 1 atom stereocenters. The molecule has 20 heavy (non-hydrogen) atoms. The van der Waals surface area contributed by atoms with Crippen molar-refractivity contribution in [2.75, 3.05) is 0 Å². The summed E-state index contributed by atoms with van der Waals surface area (Å²) in [6.07, 6.45) is 4.54. The van der Waals surface area contributed by atoms with Crippen LogP contribution in [-0.4, -0.2) is 15.8 Å². The number of aryl methyl sites for hydroxylation is 1. The highest BCUT2D eigenvalue weighted by molar-refractivity contribution is 5.56. The topological polar surface area (TPSA) is 34.9 Å². The summed E-state index contributed by atoms with van der Waals surface area (Å²) in [6.45, 7) is 5.92. The van der Waals surface area contributed by atoms with Gasteiger partial charge in [-0.3, -0.25) is 0 Å². The highest BCUT2D eigenvalue weighted by Gasteiger charge is 2.31. The summed E-state index contributed by atoms with van der Waals surface area (Å²) < 4.78 is 15.2. The summed E-state index contributed by atoms with van der Waals surface area (Å²) >= 11 is 0. The molecule has 0 amide bonds. The normalized spacial score (nSPS) is 13.1. The van der Waals surface area contributed by atoms with Crippen LogP contribution < -0.4 is 0 Å². The van der Waals surface area contributed by atoms with E-state index in [0.29, 0.717) is 0 Å². The molecule has 0 spiro atoms. The first-order valence-corrected chi connectivity index (χ1v) is 6.74. The average Bonchev–Trinajstić information content (AvgIpc) is 2.88. The summed E-state index contributed by atoms with van der Waals surface area (Å²) in [4.78, 5) is 15.0. The van der Waals surface area contributed by atoms with Crippen LogP contribution in [-0.2, 0) is 17.3 Å². The molecule has 1 unspecified atom stereocenters. The maximum absolute atomic E-state index is 13.4.